The van der Waals surface area contributed by atoms with E-state index >= 15 is 0 Å². The third-order valence-corrected chi connectivity index (χ3v) is 2.67. The van der Waals surface area contributed by atoms with Crippen LogP contribution < -0.4 is 0 Å². The minimum absolute atomic E-state index is 0.300. The van der Waals surface area contributed by atoms with E-state index in [1.54, 1.807) is 31.5 Å². The number of carbonyl (C=O) groups excluding carboxylic acids is 1. The lowest BCUT2D eigenvalue weighted by molar-refractivity contribution is 0.0519. The van der Waals surface area contributed by atoms with Crippen LogP contribution in [-0.2, 0) is 4.74 Å². The molecule has 2 rings (SSSR count). The third-order valence-electron chi connectivity index (χ3n) is 2.23. The van der Waals surface area contributed by atoms with Gasteiger partial charge in [0, 0.05) is 22.4 Å². The minimum atomic E-state index is -0.415. The zero-order valence-electron chi connectivity index (χ0n) is 9.76. The molecule has 0 N–H and O–H groups in total. The van der Waals surface area contributed by atoms with Gasteiger partial charge in [-0.15, -0.1) is 0 Å². The van der Waals surface area contributed by atoms with Crippen molar-refractivity contribution in [1.82, 2.24) is 9.97 Å². The van der Waals surface area contributed by atoms with Crippen molar-refractivity contribution in [1.29, 1.82) is 0 Å². The monoisotopic (exact) mass is 306 g/mol. The topological polar surface area (TPSA) is 52.1 Å². The number of hydrogen-bond donors (Lipinski definition) is 0. The van der Waals surface area contributed by atoms with Gasteiger partial charge in [0.25, 0.3) is 0 Å². The predicted molar refractivity (Wildman–Crippen MR) is 71.1 cm³/mol. The lowest BCUT2D eigenvalue weighted by Gasteiger charge is -2.04. The average molecular weight is 307 g/mol. The second-order valence-electron chi connectivity index (χ2n) is 3.52. The summed E-state index contributed by atoms with van der Waals surface area (Å²) in [5.41, 5.74) is 1.83. The van der Waals surface area contributed by atoms with E-state index in [-0.39, 0.29) is 0 Å². The molecule has 0 amide bonds. The Bertz CT molecular complexity index is 572. The molecule has 2 heterocycles. The van der Waals surface area contributed by atoms with E-state index in [0.717, 1.165) is 10.0 Å². The molecule has 0 spiro atoms. The lowest BCUT2D eigenvalue weighted by atomic mass is 10.2. The number of hydrogen-bond acceptors (Lipinski definition) is 4. The van der Waals surface area contributed by atoms with Gasteiger partial charge in [-0.3, -0.25) is 4.98 Å². The number of halogens is 1. The molecule has 0 unspecified atom stereocenters. The molecule has 2 aromatic heterocycles. The fraction of sp³-hybridized carbons (Fsp3) is 0.154. The fourth-order valence-corrected chi connectivity index (χ4v) is 1.83. The summed E-state index contributed by atoms with van der Waals surface area (Å²) in [6.07, 6.45) is 3.39. The molecule has 4 nitrogen and oxygen atoms in total. The molecule has 2 aromatic rings. The van der Waals surface area contributed by atoms with Crippen molar-refractivity contribution in [3.05, 3.63) is 46.8 Å². The Morgan fingerprint density at radius 2 is 2.22 bits per heavy atom. The average Bonchev–Trinajstić information content (AvgIpc) is 2.39. The Morgan fingerprint density at radius 3 is 2.94 bits per heavy atom. The van der Waals surface area contributed by atoms with E-state index in [9.17, 15) is 4.79 Å². The Morgan fingerprint density at radius 1 is 1.39 bits per heavy atom. The molecule has 92 valence electrons. The van der Waals surface area contributed by atoms with E-state index in [0.29, 0.717) is 18.0 Å². The maximum absolute atomic E-state index is 11.6. The second-order valence-corrected chi connectivity index (χ2v) is 4.44. The molecule has 0 saturated carbocycles. The second kappa shape index (κ2) is 5.73. The zero-order chi connectivity index (χ0) is 13.0. The molecule has 0 aliphatic heterocycles. The number of esters is 1. The molecule has 0 fully saturated rings. The molecular formula is C13H11BrN2O2. The van der Waals surface area contributed by atoms with Crippen LogP contribution in [0.15, 0.2) is 41.1 Å². The third kappa shape index (κ3) is 2.92. The molecule has 0 aliphatic rings. The fourth-order valence-electron chi connectivity index (χ4n) is 1.47. The molecule has 0 atom stereocenters. The van der Waals surface area contributed by atoms with Crippen molar-refractivity contribution in [2.45, 2.75) is 6.92 Å². The van der Waals surface area contributed by atoms with Gasteiger partial charge in [-0.1, -0.05) is 6.07 Å². The molecule has 0 bridgehead atoms. The highest BCUT2D eigenvalue weighted by Gasteiger charge is 2.09. The van der Waals surface area contributed by atoms with E-state index in [1.165, 1.54) is 0 Å². The summed E-state index contributed by atoms with van der Waals surface area (Å²) in [7, 11) is 0. The summed E-state index contributed by atoms with van der Waals surface area (Å²) in [6.45, 7) is 2.10. The van der Waals surface area contributed by atoms with Crippen LogP contribution in [0.4, 0.5) is 0 Å². The van der Waals surface area contributed by atoms with E-state index in [4.69, 9.17) is 4.74 Å². The minimum Gasteiger partial charge on any atom is -0.461 e. The van der Waals surface area contributed by atoms with Gasteiger partial charge in [0.05, 0.1) is 12.3 Å². The van der Waals surface area contributed by atoms with Crippen LogP contribution in [0.2, 0.25) is 0 Å². The Labute approximate surface area is 113 Å². The number of pyridine rings is 2. The summed E-state index contributed by atoms with van der Waals surface area (Å²) in [6, 6.07) is 7.12. The number of nitrogens with zero attached hydrogens (tertiary/aromatic N) is 2. The number of aromatic nitrogens is 2. The van der Waals surface area contributed by atoms with E-state index < -0.39 is 5.97 Å². The highest BCUT2D eigenvalue weighted by Crippen LogP contribution is 2.20. The maximum atomic E-state index is 11.6. The van der Waals surface area contributed by atoms with E-state index in [1.807, 2.05) is 12.1 Å². The van der Waals surface area contributed by atoms with Gasteiger partial charge in [-0.2, -0.15) is 0 Å². The molecule has 0 saturated heterocycles. The van der Waals surface area contributed by atoms with Crippen molar-refractivity contribution in [3.63, 3.8) is 0 Å². The van der Waals surface area contributed by atoms with Gasteiger partial charge < -0.3 is 4.74 Å². The summed E-state index contributed by atoms with van der Waals surface area (Å²) >= 11 is 3.35. The summed E-state index contributed by atoms with van der Waals surface area (Å²) in [4.78, 5) is 19.9. The number of rotatable bonds is 3. The lowest BCUT2D eigenvalue weighted by Crippen LogP contribution is -2.07. The quantitative estimate of drug-likeness (QED) is 0.818. The Kier molecular flexibility index (Phi) is 4.04. The van der Waals surface area contributed by atoms with Crippen molar-refractivity contribution in [2.24, 2.45) is 0 Å². The molecule has 18 heavy (non-hydrogen) atoms. The Balaban J connectivity index is 2.35. The maximum Gasteiger partial charge on any atom is 0.356 e. The van der Waals surface area contributed by atoms with Crippen LogP contribution >= 0.6 is 15.9 Å². The standard InChI is InChI=1S/C13H11BrN2O2/c1-2-18-13(17)12-5-3-4-11(16-12)9-6-10(14)8-15-7-9/h3-8H,2H2,1H3. The summed E-state index contributed by atoms with van der Waals surface area (Å²) in [5.74, 6) is -0.415. The Hall–Kier alpha value is -1.75. The summed E-state index contributed by atoms with van der Waals surface area (Å²) < 4.78 is 5.78. The van der Waals surface area contributed by atoms with Gasteiger partial charge in [0.1, 0.15) is 5.69 Å². The van der Waals surface area contributed by atoms with Gasteiger partial charge in [0.15, 0.2) is 0 Å². The first-order valence-electron chi connectivity index (χ1n) is 5.46. The van der Waals surface area contributed by atoms with Crippen LogP contribution in [0.3, 0.4) is 0 Å². The SMILES string of the molecule is CCOC(=O)c1cccc(-c2cncc(Br)c2)n1. The van der Waals surface area contributed by atoms with Crippen molar-refractivity contribution >= 4 is 21.9 Å². The highest BCUT2D eigenvalue weighted by atomic mass is 79.9. The number of carbonyl (C=O) groups is 1. The van der Waals surface area contributed by atoms with Crippen molar-refractivity contribution < 1.29 is 9.53 Å². The number of ether oxygens (including phenoxy) is 1. The van der Waals surface area contributed by atoms with Crippen LogP contribution in [0.25, 0.3) is 11.3 Å². The van der Waals surface area contributed by atoms with Gasteiger partial charge in [-0.05, 0) is 41.1 Å². The van der Waals surface area contributed by atoms with Gasteiger partial charge in [-0.25, -0.2) is 9.78 Å². The van der Waals surface area contributed by atoms with E-state index in [2.05, 4.69) is 25.9 Å². The largest absolute Gasteiger partial charge is 0.461 e. The van der Waals surface area contributed by atoms with Crippen molar-refractivity contribution in [2.75, 3.05) is 6.61 Å². The molecule has 0 radical (unpaired) electrons. The molecule has 5 heteroatoms. The van der Waals surface area contributed by atoms with Crippen LogP contribution in [0.1, 0.15) is 17.4 Å². The van der Waals surface area contributed by atoms with Gasteiger partial charge >= 0.3 is 5.97 Å². The van der Waals surface area contributed by atoms with Gasteiger partial charge in [0.2, 0.25) is 0 Å². The first-order valence-corrected chi connectivity index (χ1v) is 6.25. The van der Waals surface area contributed by atoms with Crippen molar-refractivity contribution in [3.8, 4) is 11.3 Å². The molecule has 0 aromatic carbocycles. The molecular weight excluding hydrogens is 296 g/mol. The zero-order valence-corrected chi connectivity index (χ0v) is 11.3. The highest BCUT2D eigenvalue weighted by molar-refractivity contribution is 9.10. The van der Waals surface area contributed by atoms with Crippen LogP contribution in [-0.4, -0.2) is 22.5 Å². The van der Waals surface area contributed by atoms with Crippen LogP contribution in [0.5, 0.6) is 0 Å². The smallest absolute Gasteiger partial charge is 0.356 e. The normalized spacial score (nSPS) is 10.1. The summed E-state index contributed by atoms with van der Waals surface area (Å²) in [5, 5.41) is 0. The molecule has 0 aliphatic carbocycles. The first kappa shape index (κ1) is 12.7. The van der Waals surface area contributed by atoms with Crippen LogP contribution in [0, 0.1) is 0 Å². The predicted octanol–water partition coefficient (Wildman–Crippen LogP) is 3.08. The first-order chi connectivity index (χ1) is 8.70.